The summed E-state index contributed by atoms with van der Waals surface area (Å²) in [6.45, 7) is 4.14. The molecule has 0 fully saturated rings. The number of anilines is 1. The summed E-state index contributed by atoms with van der Waals surface area (Å²) >= 11 is 0. The Morgan fingerprint density at radius 3 is 2.77 bits per heavy atom. The highest BCUT2D eigenvalue weighted by molar-refractivity contribution is 5.81. The monoisotopic (exact) mass is 177 g/mol. The van der Waals surface area contributed by atoms with Crippen molar-refractivity contribution in [1.82, 2.24) is 19.5 Å². The van der Waals surface area contributed by atoms with Gasteiger partial charge >= 0.3 is 0 Å². The molecule has 0 aliphatic heterocycles. The molecular formula is C8H11N5. The molecule has 5 heteroatoms. The highest BCUT2D eigenvalue weighted by Gasteiger charge is 2.08. The average Bonchev–Trinajstić information content (AvgIpc) is 2.48. The van der Waals surface area contributed by atoms with Crippen molar-refractivity contribution in [2.75, 3.05) is 5.73 Å². The molecule has 2 rings (SSSR count). The van der Waals surface area contributed by atoms with Crippen molar-refractivity contribution < 1.29 is 0 Å². The Balaban J connectivity index is 2.75. The summed E-state index contributed by atoms with van der Waals surface area (Å²) in [5, 5.41) is 0. The first kappa shape index (κ1) is 7.97. The van der Waals surface area contributed by atoms with Gasteiger partial charge in [0.25, 0.3) is 0 Å². The molecule has 0 aliphatic carbocycles. The summed E-state index contributed by atoms with van der Waals surface area (Å²) in [6, 6.07) is 0.333. The molecular weight excluding hydrogens is 166 g/mol. The van der Waals surface area contributed by atoms with Gasteiger partial charge in [-0.1, -0.05) is 0 Å². The van der Waals surface area contributed by atoms with E-state index in [0.717, 1.165) is 5.65 Å². The quantitative estimate of drug-likeness (QED) is 0.705. The molecule has 2 aromatic rings. The fourth-order valence-corrected chi connectivity index (χ4v) is 1.25. The average molecular weight is 177 g/mol. The third-order valence-electron chi connectivity index (χ3n) is 1.94. The number of hydrogen-bond acceptors (Lipinski definition) is 4. The van der Waals surface area contributed by atoms with E-state index in [4.69, 9.17) is 5.73 Å². The second-order valence-corrected chi connectivity index (χ2v) is 3.18. The van der Waals surface area contributed by atoms with E-state index in [9.17, 15) is 0 Å². The summed E-state index contributed by atoms with van der Waals surface area (Å²) in [6.07, 6.45) is 3.19. The number of nitrogens with zero attached hydrogens (tertiary/aromatic N) is 4. The molecule has 0 aromatic carbocycles. The smallest absolute Gasteiger partial charge is 0.165 e. The highest BCUT2D eigenvalue weighted by atomic mass is 15.1. The predicted molar refractivity (Wildman–Crippen MR) is 50.1 cm³/mol. The van der Waals surface area contributed by atoms with Crippen LogP contribution in [0.4, 0.5) is 5.82 Å². The molecule has 0 unspecified atom stereocenters. The van der Waals surface area contributed by atoms with Crippen molar-refractivity contribution in [1.29, 1.82) is 0 Å². The van der Waals surface area contributed by atoms with Crippen LogP contribution in [0.3, 0.4) is 0 Å². The number of nitrogens with two attached hydrogens (primary N) is 1. The number of fused-ring (bicyclic) bond motifs is 1. The predicted octanol–water partition coefficient (Wildman–Crippen LogP) is 0.989. The highest BCUT2D eigenvalue weighted by Crippen LogP contribution is 2.17. The van der Waals surface area contributed by atoms with Gasteiger partial charge in [-0.15, -0.1) is 0 Å². The second-order valence-electron chi connectivity index (χ2n) is 3.18. The van der Waals surface area contributed by atoms with Crippen molar-refractivity contribution in [3.8, 4) is 0 Å². The van der Waals surface area contributed by atoms with E-state index in [1.165, 1.54) is 6.33 Å². The molecule has 5 nitrogen and oxygen atoms in total. The van der Waals surface area contributed by atoms with Crippen LogP contribution < -0.4 is 5.73 Å². The zero-order valence-electron chi connectivity index (χ0n) is 7.60. The van der Waals surface area contributed by atoms with E-state index in [1.807, 2.05) is 4.57 Å². The first-order valence-electron chi connectivity index (χ1n) is 4.13. The molecule has 0 saturated heterocycles. The fraction of sp³-hybridized carbons (Fsp3) is 0.375. The molecule has 2 heterocycles. The minimum absolute atomic E-state index is 0.333. The van der Waals surface area contributed by atoms with Gasteiger partial charge in [0, 0.05) is 6.04 Å². The maximum Gasteiger partial charge on any atom is 0.165 e. The van der Waals surface area contributed by atoms with Crippen LogP contribution >= 0.6 is 0 Å². The van der Waals surface area contributed by atoms with Crippen LogP contribution in [0.5, 0.6) is 0 Å². The van der Waals surface area contributed by atoms with Crippen molar-refractivity contribution in [3.05, 3.63) is 12.7 Å². The molecule has 0 amide bonds. The topological polar surface area (TPSA) is 69.6 Å². The van der Waals surface area contributed by atoms with Gasteiger partial charge in [0.15, 0.2) is 11.5 Å². The molecule has 0 saturated carbocycles. The van der Waals surface area contributed by atoms with Gasteiger partial charge < -0.3 is 10.3 Å². The van der Waals surface area contributed by atoms with E-state index >= 15 is 0 Å². The van der Waals surface area contributed by atoms with E-state index in [1.54, 1.807) is 6.33 Å². The second kappa shape index (κ2) is 2.69. The number of rotatable bonds is 1. The lowest BCUT2D eigenvalue weighted by Crippen LogP contribution is -2.00. The summed E-state index contributed by atoms with van der Waals surface area (Å²) < 4.78 is 1.97. The normalized spacial score (nSPS) is 11.3. The Bertz CT molecular complexity index is 431. The van der Waals surface area contributed by atoms with Gasteiger partial charge in [-0.2, -0.15) is 0 Å². The van der Waals surface area contributed by atoms with E-state index in [-0.39, 0.29) is 0 Å². The van der Waals surface area contributed by atoms with Gasteiger partial charge in [0.05, 0.1) is 6.33 Å². The lowest BCUT2D eigenvalue weighted by Gasteiger charge is -2.05. The third-order valence-corrected chi connectivity index (χ3v) is 1.94. The largest absolute Gasteiger partial charge is 0.382 e. The Kier molecular flexibility index (Phi) is 1.65. The van der Waals surface area contributed by atoms with Gasteiger partial charge in [0.2, 0.25) is 0 Å². The first-order chi connectivity index (χ1) is 6.20. The number of imidazole rings is 1. The Morgan fingerprint density at radius 2 is 2.08 bits per heavy atom. The number of hydrogen-bond donors (Lipinski definition) is 1. The number of nitrogen functional groups attached to an aromatic ring is 1. The molecule has 0 aliphatic rings. The van der Waals surface area contributed by atoms with Gasteiger partial charge in [0.1, 0.15) is 11.8 Å². The number of aromatic nitrogens is 4. The van der Waals surface area contributed by atoms with Gasteiger partial charge in [-0.05, 0) is 13.8 Å². The Hall–Kier alpha value is -1.65. The Labute approximate surface area is 75.6 Å². The molecule has 0 spiro atoms. The van der Waals surface area contributed by atoms with Crippen LogP contribution in [-0.2, 0) is 0 Å². The van der Waals surface area contributed by atoms with Crippen LogP contribution in [-0.4, -0.2) is 19.5 Å². The zero-order chi connectivity index (χ0) is 9.42. The van der Waals surface area contributed by atoms with Crippen molar-refractivity contribution in [2.45, 2.75) is 19.9 Å². The minimum Gasteiger partial charge on any atom is -0.382 e. The lowest BCUT2D eigenvalue weighted by molar-refractivity contribution is 0.612. The first-order valence-corrected chi connectivity index (χ1v) is 4.13. The standard InChI is InChI=1S/C8H11N5/c1-5(2)13-4-12-6-7(9)10-3-11-8(6)13/h3-5H,1-2H3,(H2,9,10,11). The van der Waals surface area contributed by atoms with Crippen molar-refractivity contribution >= 4 is 17.0 Å². The molecule has 0 atom stereocenters. The molecule has 13 heavy (non-hydrogen) atoms. The Morgan fingerprint density at radius 1 is 1.31 bits per heavy atom. The maximum atomic E-state index is 5.64. The van der Waals surface area contributed by atoms with E-state index in [2.05, 4.69) is 28.8 Å². The van der Waals surface area contributed by atoms with Gasteiger partial charge in [-0.3, -0.25) is 0 Å². The minimum atomic E-state index is 0.333. The van der Waals surface area contributed by atoms with Crippen molar-refractivity contribution in [2.24, 2.45) is 0 Å². The molecule has 0 bridgehead atoms. The third kappa shape index (κ3) is 1.12. The van der Waals surface area contributed by atoms with Crippen LogP contribution in [0, 0.1) is 0 Å². The van der Waals surface area contributed by atoms with Crippen LogP contribution in [0.1, 0.15) is 19.9 Å². The summed E-state index contributed by atoms with van der Waals surface area (Å²) in [5.41, 5.74) is 7.11. The van der Waals surface area contributed by atoms with Crippen LogP contribution in [0.15, 0.2) is 12.7 Å². The molecule has 2 N–H and O–H groups in total. The van der Waals surface area contributed by atoms with E-state index in [0.29, 0.717) is 17.4 Å². The summed E-state index contributed by atoms with van der Waals surface area (Å²) in [5.74, 6) is 0.435. The summed E-state index contributed by atoms with van der Waals surface area (Å²) in [7, 11) is 0. The fourth-order valence-electron chi connectivity index (χ4n) is 1.25. The molecule has 2 aromatic heterocycles. The lowest BCUT2D eigenvalue weighted by atomic mass is 10.4. The van der Waals surface area contributed by atoms with E-state index < -0.39 is 0 Å². The molecule has 68 valence electrons. The van der Waals surface area contributed by atoms with Gasteiger partial charge in [-0.25, -0.2) is 15.0 Å². The molecule has 0 radical (unpaired) electrons. The van der Waals surface area contributed by atoms with Crippen molar-refractivity contribution in [3.63, 3.8) is 0 Å². The van der Waals surface area contributed by atoms with Crippen LogP contribution in [0.2, 0.25) is 0 Å². The van der Waals surface area contributed by atoms with Crippen LogP contribution in [0.25, 0.3) is 11.2 Å². The summed E-state index contributed by atoms with van der Waals surface area (Å²) in [4.78, 5) is 12.2. The maximum absolute atomic E-state index is 5.64. The SMILES string of the molecule is CC(C)n1cnc2c(N)ncnc21. The zero-order valence-corrected chi connectivity index (χ0v) is 7.60.